The van der Waals surface area contributed by atoms with Gasteiger partial charge in [0.2, 0.25) is 0 Å². The summed E-state index contributed by atoms with van der Waals surface area (Å²) < 4.78 is 0. The molecule has 3 aliphatic carbocycles. The summed E-state index contributed by atoms with van der Waals surface area (Å²) in [5.41, 5.74) is 8.79. The van der Waals surface area contributed by atoms with Crippen LogP contribution in [0.2, 0.25) is 0 Å². The second kappa shape index (κ2) is 17.2. The van der Waals surface area contributed by atoms with E-state index in [-0.39, 0.29) is 59.4 Å². The number of aromatic hydroxyl groups is 1. The highest BCUT2D eigenvalue weighted by atomic mass is 32.1. The molecule has 0 radical (unpaired) electrons. The monoisotopic (exact) mass is 784 g/mol. The number of benzene rings is 1. The predicted molar refractivity (Wildman–Crippen MR) is 224 cm³/mol. The molecule has 0 saturated heterocycles. The molecule has 3 heterocycles. The Morgan fingerprint density at radius 1 is 1.04 bits per heavy atom. The zero-order chi connectivity index (χ0) is 38.7. The standard InChI is InChI=1S/C44H56N4O5S2/c1-3-7-31-11-15-39(54-31)40-16-17-41(55-40)42(53)33-13-10-28(23-44(33)19-18-29(24-44)38(52)25-49)35(48-43(45)46-30-8-5-4-6-9-30)20-27-21-36-32(37(51)22-27)12-14-34(47-36)26(2)50/h11-12,14-17,21-22,26,28-30,33-35,38,47,49-52H,4-6,8-10,13,18-20,23-25H2,1-2H3,(H3,45,46,48)/t26-,28-,29-,33+,34-,35-,38+,44+/m0/s1. The van der Waals surface area contributed by atoms with Gasteiger partial charge >= 0.3 is 0 Å². The van der Waals surface area contributed by atoms with Crippen molar-refractivity contribution in [1.29, 1.82) is 0 Å². The van der Waals surface area contributed by atoms with E-state index in [1.165, 1.54) is 6.42 Å². The minimum absolute atomic E-state index is 0.0786. The van der Waals surface area contributed by atoms with Crippen LogP contribution in [0, 0.1) is 35.0 Å². The molecular formula is C44H56N4O5S2. The molecule has 0 bridgehead atoms. The molecule has 0 amide bonds. The van der Waals surface area contributed by atoms with E-state index < -0.39 is 12.2 Å². The van der Waals surface area contributed by atoms with Crippen molar-refractivity contribution in [3.05, 3.63) is 63.4 Å². The van der Waals surface area contributed by atoms with E-state index in [2.05, 4.69) is 40.7 Å². The number of ketones is 1. The van der Waals surface area contributed by atoms with Gasteiger partial charge in [-0.05, 0) is 131 Å². The van der Waals surface area contributed by atoms with Crippen LogP contribution in [0.1, 0.15) is 110 Å². The molecule has 8 atom stereocenters. The molecule has 4 aliphatic rings. The van der Waals surface area contributed by atoms with Crippen molar-refractivity contribution in [2.45, 2.75) is 121 Å². The molecule has 294 valence electrons. The van der Waals surface area contributed by atoms with Crippen molar-refractivity contribution in [2.24, 2.45) is 33.9 Å². The number of Topliss-reactive ketones (excluding diaryl/α,β-unsaturated/α-hetero) is 1. The van der Waals surface area contributed by atoms with Crippen LogP contribution >= 0.6 is 22.7 Å². The fourth-order valence-electron chi connectivity index (χ4n) is 9.86. The van der Waals surface area contributed by atoms with Crippen LogP contribution in [0.3, 0.4) is 0 Å². The number of hydrogen-bond acceptors (Lipinski definition) is 9. The summed E-state index contributed by atoms with van der Waals surface area (Å²) in [4.78, 5) is 23.5. The third-order valence-corrected chi connectivity index (χ3v) is 15.0. The van der Waals surface area contributed by atoms with Crippen LogP contribution in [0.15, 0.2) is 47.5 Å². The molecule has 11 heteroatoms. The number of nitrogens with one attached hydrogen (secondary N) is 2. The lowest BCUT2D eigenvalue weighted by atomic mass is 9.58. The first-order valence-electron chi connectivity index (χ1n) is 20.1. The summed E-state index contributed by atoms with van der Waals surface area (Å²) >= 11 is 3.19. The van der Waals surface area contributed by atoms with Gasteiger partial charge in [-0.1, -0.05) is 37.3 Å². The highest BCUT2D eigenvalue weighted by molar-refractivity contribution is 7.23. The maximum absolute atomic E-state index is 14.6. The number of carbonyl (C=O) groups excluding carboxylic acids is 1. The van der Waals surface area contributed by atoms with E-state index in [0.29, 0.717) is 30.8 Å². The highest BCUT2D eigenvalue weighted by Gasteiger charge is 2.53. The van der Waals surface area contributed by atoms with Crippen LogP contribution in [0.5, 0.6) is 5.75 Å². The van der Waals surface area contributed by atoms with E-state index in [1.54, 1.807) is 29.6 Å². The molecule has 1 aliphatic heterocycles. The van der Waals surface area contributed by atoms with Gasteiger partial charge in [-0.2, -0.15) is 0 Å². The average Bonchev–Trinajstić information content (AvgIpc) is 3.95. The molecule has 3 fully saturated rings. The molecule has 3 saturated carbocycles. The van der Waals surface area contributed by atoms with E-state index in [0.717, 1.165) is 82.1 Å². The summed E-state index contributed by atoms with van der Waals surface area (Å²) in [6.45, 7) is 3.29. The number of aliphatic hydroxyl groups excluding tert-OH is 3. The van der Waals surface area contributed by atoms with Gasteiger partial charge in [0.15, 0.2) is 11.7 Å². The van der Waals surface area contributed by atoms with Gasteiger partial charge in [0.05, 0.1) is 40.7 Å². The molecule has 2 aromatic heterocycles. The molecular weight excluding hydrogens is 729 g/mol. The molecule has 8 N–H and O–H groups in total. The Morgan fingerprint density at radius 2 is 1.80 bits per heavy atom. The molecule has 55 heavy (non-hydrogen) atoms. The van der Waals surface area contributed by atoms with Crippen LogP contribution in [0.25, 0.3) is 15.8 Å². The number of phenols is 1. The number of nitrogens with two attached hydrogens (primary N) is 1. The average molecular weight is 785 g/mol. The molecule has 0 unspecified atom stereocenters. The van der Waals surface area contributed by atoms with Crippen LogP contribution in [-0.2, 0) is 6.42 Å². The zero-order valence-electron chi connectivity index (χ0n) is 32.0. The lowest BCUT2D eigenvalue weighted by Crippen LogP contribution is -2.50. The molecule has 1 spiro atoms. The number of thiophene rings is 2. The first kappa shape index (κ1) is 39.6. The highest BCUT2D eigenvalue weighted by Crippen LogP contribution is 2.58. The second-order valence-corrected chi connectivity index (χ2v) is 18.6. The number of fused-ring (bicyclic) bond motifs is 1. The largest absolute Gasteiger partial charge is 0.507 e. The summed E-state index contributed by atoms with van der Waals surface area (Å²) in [6.07, 6.45) is 13.0. The quantitative estimate of drug-likeness (QED) is 0.0461. The molecule has 3 aromatic rings. The fraction of sp³-hybridized carbons (Fsp3) is 0.545. The Hall–Kier alpha value is -3.66. The number of anilines is 1. The number of nitrogens with zero attached hydrogens (tertiary/aromatic N) is 1. The number of rotatable bonds is 11. The number of guanidine groups is 1. The van der Waals surface area contributed by atoms with E-state index >= 15 is 0 Å². The third kappa shape index (κ3) is 8.84. The topological polar surface area (TPSA) is 160 Å². The summed E-state index contributed by atoms with van der Waals surface area (Å²) in [5.74, 6) is 6.74. The maximum Gasteiger partial charge on any atom is 0.189 e. The van der Waals surface area contributed by atoms with E-state index in [1.807, 2.05) is 37.3 Å². The van der Waals surface area contributed by atoms with Gasteiger partial charge in [-0.25, -0.2) is 0 Å². The van der Waals surface area contributed by atoms with Gasteiger partial charge in [-0.15, -0.1) is 28.6 Å². The molecule has 9 nitrogen and oxygen atoms in total. The first-order valence-corrected chi connectivity index (χ1v) is 21.7. The number of carbonyl (C=O) groups is 1. The molecule has 7 rings (SSSR count). The van der Waals surface area contributed by atoms with Crippen molar-refractivity contribution in [1.82, 2.24) is 5.32 Å². The fourth-order valence-corrected chi connectivity index (χ4v) is 11.9. The smallest absolute Gasteiger partial charge is 0.189 e. The van der Waals surface area contributed by atoms with E-state index in [4.69, 9.17) is 10.7 Å². The Balaban J connectivity index is 1.18. The van der Waals surface area contributed by atoms with Crippen molar-refractivity contribution in [3.63, 3.8) is 0 Å². The van der Waals surface area contributed by atoms with Crippen molar-refractivity contribution in [2.75, 3.05) is 11.9 Å². The SMILES string of the molecule is CC#Cc1ccc(-c2ccc(C(=O)[C@H]3CC[C@H]([C@H](Cc4cc(O)c5c(c4)N[C@H]([C@H](C)O)C=C5)NC(N)=NC4CCCCC4)C[C@@]34CC[C@H]([C@H](O)CO)C4)s2)s1. The van der Waals surface area contributed by atoms with Gasteiger partial charge in [0.25, 0.3) is 0 Å². The Kier molecular flexibility index (Phi) is 12.4. The Morgan fingerprint density at radius 3 is 2.56 bits per heavy atom. The number of hydrogen-bond donors (Lipinski definition) is 7. The van der Waals surface area contributed by atoms with Crippen LogP contribution in [0.4, 0.5) is 5.69 Å². The lowest BCUT2D eigenvalue weighted by molar-refractivity contribution is 0.0187. The Bertz CT molecular complexity index is 1950. The molecule has 1 aromatic carbocycles. The zero-order valence-corrected chi connectivity index (χ0v) is 33.6. The van der Waals surface area contributed by atoms with Gasteiger partial charge < -0.3 is 36.8 Å². The van der Waals surface area contributed by atoms with Crippen LogP contribution < -0.4 is 16.4 Å². The van der Waals surface area contributed by atoms with Crippen molar-refractivity contribution < 1.29 is 25.2 Å². The summed E-state index contributed by atoms with van der Waals surface area (Å²) in [5, 5.41) is 49.3. The van der Waals surface area contributed by atoms with Crippen molar-refractivity contribution in [3.8, 4) is 27.3 Å². The summed E-state index contributed by atoms with van der Waals surface area (Å²) in [7, 11) is 0. The van der Waals surface area contributed by atoms with E-state index in [9.17, 15) is 25.2 Å². The first-order chi connectivity index (χ1) is 26.6. The van der Waals surface area contributed by atoms with Crippen molar-refractivity contribution >= 4 is 46.2 Å². The maximum atomic E-state index is 14.6. The minimum Gasteiger partial charge on any atom is -0.507 e. The van der Waals surface area contributed by atoms with Gasteiger partial charge in [-0.3, -0.25) is 9.79 Å². The number of aliphatic imine (C=N–C) groups is 1. The third-order valence-electron chi connectivity index (χ3n) is 12.7. The second-order valence-electron chi connectivity index (χ2n) is 16.4. The minimum atomic E-state index is -0.819. The number of phenolic OH excluding ortho intramolecular Hbond substituents is 1. The normalized spacial score (nSPS) is 27.1. The lowest BCUT2D eigenvalue weighted by Gasteiger charge is -2.47. The van der Waals surface area contributed by atoms with Crippen LogP contribution in [-0.4, -0.2) is 69.1 Å². The summed E-state index contributed by atoms with van der Waals surface area (Å²) in [6, 6.07) is 11.8. The number of aliphatic hydroxyl groups is 3. The van der Waals surface area contributed by atoms with Gasteiger partial charge in [0, 0.05) is 33.0 Å². The Labute approximate surface area is 333 Å². The predicted octanol–water partition coefficient (Wildman–Crippen LogP) is 7.33. The van der Waals surface area contributed by atoms with Gasteiger partial charge in [0.1, 0.15) is 5.75 Å².